The van der Waals surface area contributed by atoms with Crippen LogP contribution in [0, 0.1) is 5.92 Å². The highest BCUT2D eigenvalue weighted by Crippen LogP contribution is 2.20. The molecule has 0 bridgehead atoms. The molecule has 2 fully saturated rings. The summed E-state index contributed by atoms with van der Waals surface area (Å²) in [6, 6.07) is -0.198. The Morgan fingerprint density at radius 2 is 2.11 bits per heavy atom. The fourth-order valence-electron chi connectivity index (χ4n) is 2.65. The van der Waals surface area contributed by atoms with E-state index >= 15 is 0 Å². The van der Waals surface area contributed by atoms with Gasteiger partial charge in [-0.15, -0.1) is 0 Å². The van der Waals surface area contributed by atoms with Crippen molar-refractivity contribution >= 4 is 15.9 Å². The first kappa shape index (κ1) is 13.7. The van der Waals surface area contributed by atoms with Crippen molar-refractivity contribution in [3.8, 4) is 0 Å². The molecule has 4 N–H and O–H groups in total. The quantitative estimate of drug-likeness (QED) is 0.537. The normalized spacial score (nSPS) is 34.6. The van der Waals surface area contributed by atoms with E-state index in [2.05, 4.69) is 10.6 Å². The summed E-state index contributed by atoms with van der Waals surface area (Å²) < 4.78 is 24.5. The van der Waals surface area contributed by atoms with Crippen molar-refractivity contribution in [3.63, 3.8) is 0 Å². The topological polar surface area (TPSA) is 105 Å². The van der Waals surface area contributed by atoms with Gasteiger partial charge in [0.2, 0.25) is 15.9 Å². The first-order valence-corrected chi connectivity index (χ1v) is 7.94. The van der Waals surface area contributed by atoms with E-state index in [0.29, 0.717) is 32.6 Å². The van der Waals surface area contributed by atoms with Gasteiger partial charge in [0.1, 0.15) is 0 Å². The molecule has 2 aliphatic heterocycles. The molecule has 104 valence electrons. The van der Waals surface area contributed by atoms with E-state index in [1.807, 2.05) is 0 Å². The number of nitrogens with zero attached hydrogens (tertiary/aromatic N) is 1. The van der Waals surface area contributed by atoms with Gasteiger partial charge in [0.25, 0.3) is 0 Å². The molecule has 0 aromatic carbocycles. The van der Waals surface area contributed by atoms with Crippen molar-refractivity contribution in [2.24, 2.45) is 11.7 Å². The Balaban J connectivity index is 1.96. The highest BCUT2D eigenvalue weighted by atomic mass is 32.2. The largest absolute Gasteiger partial charge is 0.368 e. The number of primary amides is 1. The number of nitrogens with two attached hydrogens (primary N) is 1. The van der Waals surface area contributed by atoms with Crippen molar-refractivity contribution in [1.29, 1.82) is 0 Å². The van der Waals surface area contributed by atoms with E-state index in [1.54, 1.807) is 0 Å². The molecule has 3 unspecified atom stereocenters. The Morgan fingerprint density at radius 3 is 2.67 bits per heavy atom. The van der Waals surface area contributed by atoms with Gasteiger partial charge in [-0.2, -0.15) is 4.31 Å². The predicted molar refractivity (Wildman–Crippen MR) is 67.3 cm³/mol. The molecule has 0 aliphatic carbocycles. The summed E-state index contributed by atoms with van der Waals surface area (Å²) in [5.41, 5.74) is 5.26. The highest BCUT2D eigenvalue weighted by molar-refractivity contribution is 7.88. The molecule has 3 atom stereocenters. The molecule has 0 aromatic heterocycles. The lowest BCUT2D eigenvalue weighted by Gasteiger charge is -2.35. The average molecular weight is 276 g/mol. The van der Waals surface area contributed by atoms with E-state index in [9.17, 15) is 13.2 Å². The lowest BCUT2D eigenvalue weighted by atomic mass is 9.95. The van der Waals surface area contributed by atoms with Crippen LogP contribution in [0.15, 0.2) is 0 Å². The van der Waals surface area contributed by atoms with E-state index in [0.717, 1.165) is 0 Å². The number of amides is 1. The Labute approximate surface area is 107 Å². The summed E-state index contributed by atoms with van der Waals surface area (Å²) in [4.78, 5) is 11.1. The molecule has 0 spiro atoms. The fraction of sp³-hybridized carbons (Fsp3) is 0.900. The SMILES string of the molecule is CS(=O)(=O)N1CCNC(C2CNC(C(N)=O)C2)C1. The zero-order valence-corrected chi connectivity index (χ0v) is 11.2. The first-order valence-electron chi connectivity index (χ1n) is 6.09. The maximum Gasteiger partial charge on any atom is 0.234 e. The van der Waals surface area contributed by atoms with Gasteiger partial charge < -0.3 is 16.4 Å². The zero-order chi connectivity index (χ0) is 13.3. The lowest BCUT2D eigenvalue weighted by Crippen LogP contribution is -2.55. The number of carbonyl (C=O) groups excluding carboxylic acids is 1. The van der Waals surface area contributed by atoms with Crippen molar-refractivity contribution < 1.29 is 13.2 Å². The minimum atomic E-state index is -3.14. The van der Waals surface area contributed by atoms with Crippen LogP contribution in [0.2, 0.25) is 0 Å². The number of rotatable bonds is 3. The second-order valence-electron chi connectivity index (χ2n) is 5.04. The summed E-state index contributed by atoms with van der Waals surface area (Å²) >= 11 is 0. The highest BCUT2D eigenvalue weighted by Gasteiger charge is 2.36. The van der Waals surface area contributed by atoms with Gasteiger partial charge in [-0.05, 0) is 12.3 Å². The van der Waals surface area contributed by atoms with Crippen molar-refractivity contribution in [1.82, 2.24) is 14.9 Å². The van der Waals surface area contributed by atoms with E-state index in [1.165, 1.54) is 10.6 Å². The summed E-state index contributed by atoms with van der Waals surface area (Å²) in [6.45, 7) is 2.32. The maximum absolute atomic E-state index is 11.5. The molecule has 0 radical (unpaired) electrons. The van der Waals surface area contributed by atoms with Crippen LogP contribution in [0.1, 0.15) is 6.42 Å². The first-order chi connectivity index (χ1) is 8.38. The third-order valence-electron chi connectivity index (χ3n) is 3.71. The molecular formula is C10H20N4O3S. The van der Waals surface area contributed by atoms with Crippen molar-refractivity contribution in [2.45, 2.75) is 18.5 Å². The smallest absolute Gasteiger partial charge is 0.234 e. The number of piperazine rings is 1. The van der Waals surface area contributed by atoms with E-state index in [-0.39, 0.29) is 23.9 Å². The number of hydrogen-bond acceptors (Lipinski definition) is 5. The molecule has 7 nitrogen and oxygen atoms in total. The van der Waals surface area contributed by atoms with Crippen LogP contribution in [-0.2, 0) is 14.8 Å². The molecule has 1 amide bonds. The minimum absolute atomic E-state index is 0.0883. The second kappa shape index (κ2) is 5.12. The van der Waals surface area contributed by atoms with Gasteiger partial charge in [0.15, 0.2) is 0 Å². The third-order valence-corrected chi connectivity index (χ3v) is 4.98. The van der Waals surface area contributed by atoms with E-state index in [4.69, 9.17) is 5.73 Å². The van der Waals surface area contributed by atoms with Crippen molar-refractivity contribution in [3.05, 3.63) is 0 Å². The molecular weight excluding hydrogens is 256 g/mol. The molecule has 2 aliphatic rings. The molecule has 0 aromatic rings. The number of sulfonamides is 1. The van der Waals surface area contributed by atoms with Gasteiger partial charge in [0.05, 0.1) is 12.3 Å². The van der Waals surface area contributed by atoms with Crippen LogP contribution in [0.4, 0.5) is 0 Å². The van der Waals surface area contributed by atoms with Gasteiger partial charge in [0, 0.05) is 32.2 Å². The lowest BCUT2D eigenvalue weighted by molar-refractivity contribution is -0.119. The minimum Gasteiger partial charge on any atom is -0.368 e. The number of carbonyl (C=O) groups is 1. The zero-order valence-electron chi connectivity index (χ0n) is 10.4. The second-order valence-corrected chi connectivity index (χ2v) is 7.02. The van der Waals surface area contributed by atoms with Crippen LogP contribution in [-0.4, -0.2) is 63.1 Å². The predicted octanol–water partition coefficient (Wildman–Crippen LogP) is -2.32. The molecule has 2 heterocycles. The Hall–Kier alpha value is -0.700. The Kier molecular flexibility index (Phi) is 3.90. The Bertz CT molecular complexity index is 425. The van der Waals surface area contributed by atoms with Crippen LogP contribution in [0.5, 0.6) is 0 Å². The third kappa shape index (κ3) is 3.00. The summed E-state index contributed by atoms with van der Waals surface area (Å²) in [7, 11) is -3.14. The summed E-state index contributed by atoms with van der Waals surface area (Å²) in [5.74, 6) is -0.0969. The van der Waals surface area contributed by atoms with Gasteiger partial charge in [-0.3, -0.25) is 4.79 Å². The van der Waals surface area contributed by atoms with Crippen LogP contribution in [0.25, 0.3) is 0 Å². The number of hydrogen-bond donors (Lipinski definition) is 3. The van der Waals surface area contributed by atoms with Gasteiger partial charge >= 0.3 is 0 Å². The molecule has 18 heavy (non-hydrogen) atoms. The molecule has 2 rings (SSSR count). The molecule has 8 heteroatoms. The Morgan fingerprint density at radius 1 is 1.39 bits per heavy atom. The van der Waals surface area contributed by atoms with E-state index < -0.39 is 10.0 Å². The van der Waals surface area contributed by atoms with Crippen LogP contribution < -0.4 is 16.4 Å². The summed E-state index contributed by atoms with van der Waals surface area (Å²) in [6.07, 6.45) is 1.90. The standard InChI is InChI=1S/C10H20N4O3S/c1-18(16,17)14-3-2-12-9(6-14)7-4-8(10(11)15)13-5-7/h7-9,12-13H,2-6H2,1H3,(H2,11,15). The molecule has 0 saturated carbocycles. The monoisotopic (exact) mass is 276 g/mol. The van der Waals surface area contributed by atoms with Crippen molar-refractivity contribution in [2.75, 3.05) is 32.4 Å². The maximum atomic E-state index is 11.5. The van der Waals surface area contributed by atoms with Crippen LogP contribution in [0.3, 0.4) is 0 Å². The average Bonchev–Trinajstić information content (AvgIpc) is 2.77. The number of nitrogens with one attached hydrogen (secondary N) is 2. The summed E-state index contributed by atoms with van der Waals surface area (Å²) in [5, 5.41) is 6.40. The van der Waals surface area contributed by atoms with Gasteiger partial charge in [-0.1, -0.05) is 0 Å². The molecule has 2 saturated heterocycles. The van der Waals surface area contributed by atoms with Gasteiger partial charge in [-0.25, -0.2) is 8.42 Å². The van der Waals surface area contributed by atoms with Crippen LogP contribution >= 0.6 is 0 Å². The fourth-order valence-corrected chi connectivity index (χ4v) is 3.51.